The number of benzene rings is 1. The molecule has 1 aromatic rings. The molecule has 22 heavy (non-hydrogen) atoms. The van der Waals surface area contributed by atoms with Gasteiger partial charge in [-0.15, -0.1) is 0 Å². The number of carbonyl (C=O) groups excluding carboxylic acids is 1. The summed E-state index contributed by atoms with van der Waals surface area (Å²) in [6.07, 6.45) is -0.318. The lowest BCUT2D eigenvalue weighted by Crippen LogP contribution is -2.39. The van der Waals surface area contributed by atoms with Crippen LogP contribution in [0, 0.1) is 0 Å². The number of methoxy groups -OCH3 is 1. The summed E-state index contributed by atoms with van der Waals surface area (Å²) in [4.78, 5) is 12.0. The van der Waals surface area contributed by atoms with Gasteiger partial charge in [0, 0.05) is 23.2 Å². The van der Waals surface area contributed by atoms with Crippen molar-refractivity contribution in [2.45, 2.75) is 51.4 Å². The Kier molecular flexibility index (Phi) is 7.13. The van der Waals surface area contributed by atoms with E-state index in [0.29, 0.717) is 22.0 Å². The smallest absolute Gasteiger partial charge is 0.223 e. The van der Waals surface area contributed by atoms with E-state index in [-0.39, 0.29) is 24.0 Å². The molecule has 2 N–H and O–H groups in total. The number of hydrogen-bond donors (Lipinski definition) is 2. The fourth-order valence-corrected chi connectivity index (χ4v) is 2.81. The molecule has 0 fully saturated rings. The Bertz CT molecular complexity index is 500. The maximum atomic E-state index is 12.0. The second-order valence-electron chi connectivity index (χ2n) is 6.06. The zero-order valence-corrected chi connectivity index (χ0v) is 14.8. The van der Waals surface area contributed by atoms with E-state index in [1.165, 1.54) is 0 Å². The van der Waals surface area contributed by atoms with Gasteiger partial charge in [-0.1, -0.05) is 23.2 Å². The van der Waals surface area contributed by atoms with Crippen molar-refractivity contribution in [2.75, 3.05) is 7.11 Å². The maximum Gasteiger partial charge on any atom is 0.223 e. The van der Waals surface area contributed by atoms with E-state index in [1.807, 2.05) is 20.8 Å². The van der Waals surface area contributed by atoms with Crippen LogP contribution in [0.1, 0.15) is 45.3 Å². The molecule has 0 bridgehead atoms. The van der Waals surface area contributed by atoms with Crippen molar-refractivity contribution in [3.63, 3.8) is 0 Å². The fraction of sp³-hybridized carbons (Fsp3) is 0.562. The number of amides is 1. The van der Waals surface area contributed by atoms with Crippen LogP contribution in [0.2, 0.25) is 10.0 Å². The van der Waals surface area contributed by atoms with Gasteiger partial charge in [0.1, 0.15) is 0 Å². The fourth-order valence-electron chi connectivity index (χ4n) is 2.27. The molecular weight excluding hydrogens is 325 g/mol. The van der Waals surface area contributed by atoms with Crippen molar-refractivity contribution in [3.05, 3.63) is 33.8 Å². The van der Waals surface area contributed by atoms with Crippen LogP contribution in [0.15, 0.2) is 18.2 Å². The van der Waals surface area contributed by atoms with E-state index in [0.717, 1.165) is 0 Å². The number of halogens is 2. The molecule has 0 spiro atoms. The van der Waals surface area contributed by atoms with Crippen LogP contribution in [-0.2, 0) is 9.53 Å². The number of nitrogens with one attached hydrogen (secondary N) is 1. The summed E-state index contributed by atoms with van der Waals surface area (Å²) in [6, 6.07) is 4.72. The molecule has 0 aliphatic carbocycles. The zero-order valence-electron chi connectivity index (χ0n) is 13.3. The van der Waals surface area contributed by atoms with Gasteiger partial charge in [-0.2, -0.15) is 0 Å². The predicted octanol–water partition coefficient (Wildman–Crippen LogP) is 3.74. The Hall–Kier alpha value is -0.810. The minimum Gasteiger partial charge on any atom is -0.388 e. The van der Waals surface area contributed by atoms with Crippen molar-refractivity contribution in [1.82, 2.24) is 5.32 Å². The molecule has 1 aromatic carbocycles. The first-order valence-corrected chi connectivity index (χ1v) is 7.87. The van der Waals surface area contributed by atoms with E-state index in [4.69, 9.17) is 27.9 Å². The first-order chi connectivity index (χ1) is 10.1. The molecule has 0 aliphatic heterocycles. The van der Waals surface area contributed by atoms with Gasteiger partial charge >= 0.3 is 0 Å². The molecule has 6 heteroatoms. The summed E-state index contributed by atoms with van der Waals surface area (Å²) in [6.45, 7) is 5.82. The first kappa shape index (κ1) is 19.2. The molecule has 124 valence electrons. The van der Waals surface area contributed by atoms with E-state index in [2.05, 4.69) is 5.32 Å². The molecule has 0 heterocycles. The molecule has 0 aliphatic rings. The number of hydrogen-bond acceptors (Lipinski definition) is 3. The number of ether oxygens (including phenoxy) is 1. The van der Waals surface area contributed by atoms with Gasteiger partial charge in [0.15, 0.2) is 0 Å². The summed E-state index contributed by atoms with van der Waals surface area (Å²) in [7, 11) is 1.64. The molecule has 4 nitrogen and oxygen atoms in total. The minimum atomic E-state index is -0.946. The van der Waals surface area contributed by atoms with Crippen LogP contribution in [0.25, 0.3) is 0 Å². The summed E-state index contributed by atoms with van der Waals surface area (Å²) < 4.78 is 5.34. The largest absolute Gasteiger partial charge is 0.388 e. The molecule has 0 saturated heterocycles. The van der Waals surface area contributed by atoms with Crippen LogP contribution in [0.4, 0.5) is 0 Å². The zero-order chi connectivity index (χ0) is 16.9. The number of carbonyl (C=O) groups is 1. The second-order valence-corrected chi connectivity index (χ2v) is 6.93. The minimum absolute atomic E-state index is 0.0472. The monoisotopic (exact) mass is 347 g/mol. The van der Waals surface area contributed by atoms with Gasteiger partial charge in [-0.05, 0) is 51.0 Å². The highest BCUT2D eigenvalue weighted by Crippen LogP contribution is 2.25. The summed E-state index contributed by atoms with van der Waals surface area (Å²) >= 11 is 11.8. The Morgan fingerprint density at radius 2 is 1.86 bits per heavy atom. The highest BCUT2D eigenvalue weighted by Gasteiger charge is 2.22. The van der Waals surface area contributed by atoms with Crippen molar-refractivity contribution in [2.24, 2.45) is 0 Å². The lowest BCUT2D eigenvalue weighted by molar-refractivity contribution is -0.124. The topological polar surface area (TPSA) is 58.6 Å². The molecule has 1 rings (SSSR count). The number of aliphatic hydroxyl groups excluding tert-OH is 1. The summed E-state index contributed by atoms with van der Waals surface area (Å²) in [5.74, 6) is -0.233. The first-order valence-electron chi connectivity index (χ1n) is 7.11. The Morgan fingerprint density at radius 1 is 1.32 bits per heavy atom. The standard InChI is InChI=1S/C16H23Cl2NO3/c1-10(9-16(2,3)22-4)19-15(21)8-14(20)11-5-12(17)7-13(18)6-11/h5-7,10,14,20H,8-9H2,1-4H3,(H,19,21). The second kappa shape index (κ2) is 8.16. The quantitative estimate of drug-likeness (QED) is 0.789. The molecule has 0 saturated carbocycles. The van der Waals surface area contributed by atoms with Gasteiger partial charge < -0.3 is 15.2 Å². The van der Waals surface area contributed by atoms with Crippen molar-refractivity contribution in [3.8, 4) is 0 Å². The normalized spacial score (nSPS) is 14.5. The predicted molar refractivity (Wildman–Crippen MR) is 89.3 cm³/mol. The lowest BCUT2D eigenvalue weighted by Gasteiger charge is -2.27. The Morgan fingerprint density at radius 3 is 2.36 bits per heavy atom. The maximum absolute atomic E-state index is 12.0. The van der Waals surface area contributed by atoms with Crippen LogP contribution < -0.4 is 5.32 Å². The van der Waals surface area contributed by atoms with Crippen LogP contribution in [0.3, 0.4) is 0 Å². The third-order valence-electron chi connectivity index (χ3n) is 3.41. The highest BCUT2D eigenvalue weighted by molar-refractivity contribution is 6.34. The Balaban J connectivity index is 2.57. The van der Waals surface area contributed by atoms with Gasteiger partial charge in [-0.25, -0.2) is 0 Å². The summed E-state index contributed by atoms with van der Waals surface area (Å²) in [5.41, 5.74) is 0.212. The van der Waals surface area contributed by atoms with Crippen molar-refractivity contribution < 1.29 is 14.6 Å². The highest BCUT2D eigenvalue weighted by atomic mass is 35.5. The SMILES string of the molecule is COC(C)(C)CC(C)NC(=O)CC(O)c1cc(Cl)cc(Cl)c1. The summed E-state index contributed by atoms with van der Waals surface area (Å²) in [5, 5.41) is 13.8. The van der Waals surface area contributed by atoms with Gasteiger partial charge in [0.05, 0.1) is 18.1 Å². The van der Waals surface area contributed by atoms with Gasteiger partial charge in [-0.3, -0.25) is 4.79 Å². The third-order valence-corrected chi connectivity index (χ3v) is 3.84. The van der Waals surface area contributed by atoms with Crippen molar-refractivity contribution >= 4 is 29.1 Å². The average Bonchev–Trinajstić information content (AvgIpc) is 2.36. The molecule has 1 amide bonds. The molecular formula is C16H23Cl2NO3. The van der Waals surface area contributed by atoms with Crippen LogP contribution in [0.5, 0.6) is 0 Å². The van der Waals surface area contributed by atoms with Gasteiger partial charge in [0.2, 0.25) is 5.91 Å². The number of rotatable bonds is 7. The number of aliphatic hydroxyl groups is 1. The van der Waals surface area contributed by atoms with E-state index < -0.39 is 6.10 Å². The van der Waals surface area contributed by atoms with Crippen LogP contribution in [-0.4, -0.2) is 29.8 Å². The average molecular weight is 348 g/mol. The lowest BCUT2D eigenvalue weighted by atomic mass is 9.99. The molecule has 0 aromatic heterocycles. The third kappa shape index (κ3) is 6.53. The van der Waals surface area contributed by atoms with E-state index in [1.54, 1.807) is 25.3 Å². The van der Waals surface area contributed by atoms with Gasteiger partial charge in [0.25, 0.3) is 0 Å². The van der Waals surface area contributed by atoms with Crippen molar-refractivity contribution in [1.29, 1.82) is 0 Å². The van der Waals surface area contributed by atoms with E-state index in [9.17, 15) is 9.90 Å². The van der Waals surface area contributed by atoms with Crippen LogP contribution >= 0.6 is 23.2 Å². The molecule has 2 unspecified atom stereocenters. The Labute approximate surface area is 141 Å². The molecule has 2 atom stereocenters. The van der Waals surface area contributed by atoms with E-state index >= 15 is 0 Å². The molecule has 0 radical (unpaired) electrons.